The summed E-state index contributed by atoms with van der Waals surface area (Å²) in [6, 6.07) is 29.2. The molecule has 1 unspecified atom stereocenters. The molecule has 120 valence electrons. The van der Waals surface area contributed by atoms with Crippen molar-refractivity contribution in [3.05, 3.63) is 108 Å². The van der Waals surface area contributed by atoms with Crippen LogP contribution in [-0.2, 0) is 10.2 Å². The lowest BCUT2D eigenvalue weighted by Crippen LogP contribution is -2.39. The second-order valence-corrected chi connectivity index (χ2v) is 6.13. The van der Waals surface area contributed by atoms with E-state index < -0.39 is 11.4 Å². The van der Waals surface area contributed by atoms with Gasteiger partial charge in [-0.1, -0.05) is 91.0 Å². The molecule has 0 saturated carbocycles. The molecule has 2 nitrogen and oxygen atoms in total. The highest BCUT2D eigenvalue weighted by Gasteiger charge is 2.44. The monoisotopic (exact) mass is 316 g/mol. The van der Waals surface area contributed by atoms with Crippen LogP contribution in [0.3, 0.4) is 0 Å². The molecule has 0 amide bonds. The van der Waals surface area contributed by atoms with Crippen LogP contribution in [0.5, 0.6) is 0 Å². The molecule has 24 heavy (non-hydrogen) atoms. The number of carboxylic acid groups (broad SMARTS) is 1. The number of aliphatic carboxylic acids is 1. The molecule has 0 bridgehead atoms. The van der Waals surface area contributed by atoms with Crippen molar-refractivity contribution in [1.29, 1.82) is 0 Å². The molecule has 0 saturated heterocycles. The molecule has 0 aliphatic heterocycles. The molecule has 1 atom stereocenters. The Hall–Kier alpha value is -2.87. The van der Waals surface area contributed by atoms with Gasteiger partial charge in [-0.25, -0.2) is 0 Å². The Labute approximate surface area is 142 Å². The fraction of sp³-hybridized carbons (Fsp3) is 0.136. The second-order valence-electron chi connectivity index (χ2n) is 6.13. The van der Waals surface area contributed by atoms with Crippen molar-refractivity contribution in [2.45, 2.75) is 18.3 Å². The van der Waals surface area contributed by atoms with Gasteiger partial charge in [-0.2, -0.15) is 0 Å². The largest absolute Gasteiger partial charge is 0.481 e. The maximum absolute atomic E-state index is 12.4. The fourth-order valence-electron chi connectivity index (χ4n) is 3.35. The molecule has 0 radical (unpaired) electrons. The molecule has 0 fully saturated rings. The van der Waals surface area contributed by atoms with Crippen LogP contribution >= 0.6 is 0 Å². The first-order valence-electron chi connectivity index (χ1n) is 8.03. The zero-order valence-corrected chi connectivity index (χ0v) is 13.6. The molecule has 0 aliphatic carbocycles. The van der Waals surface area contributed by atoms with Crippen molar-refractivity contribution in [3.8, 4) is 0 Å². The predicted molar refractivity (Wildman–Crippen MR) is 96.2 cm³/mol. The average Bonchev–Trinajstić information content (AvgIpc) is 2.64. The Bertz CT molecular complexity index is 758. The van der Waals surface area contributed by atoms with Gasteiger partial charge in [-0.05, 0) is 23.6 Å². The van der Waals surface area contributed by atoms with Gasteiger partial charge in [-0.3, -0.25) is 4.79 Å². The van der Waals surface area contributed by atoms with Crippen LogP contribution in [0.25, 0.3) is 0 Å². The van der Waals surface area contributed by atoms with E-state index in [0.717, 1.165) is 16.7 Å². The van der Waals surface area contributed by atoms with E-state index in [2.05, 4.69) is 0 Å². The van der Waals surface area contributed by atoms with Gasteiger partial charge in [0, 0.05) is 5.92 Å². The zero-order chi connectivity index (χ0) is 17.0. The van der Waals surface area contributed by atoms with E-state index in [-0.39, 0.29) is 5.92 Å². The van der Waals surface area contributed by atoms with Gasteiger partial charge in [-0.15, -0.1) is 0 Å². The van der Waals surface area contributed by atoms with Crippen molar-refractivity contribution >= 4 is 5.97 Å². The third-order valence-corrected chi connectivity index (χ3v) is 4.66. The summed E-state index contributed by atoms with van der Waals surface area (Å²) in [6.07, 6.45) is 0. The third-order valence-electron chi connectivity index (χ3n) is 4.66. The smallest absolute Gasteiger partial charge is 0.314 e. The molecule has 0 heterocycles. The maximum atomic E-state index is 12.4. The van der Waals surface area contributed by atoms with Gasteiger partial charge >= 0.3 is 5.97 Å². The summed E-state index contributed by atoms with van der Waals surface area (Å²) >= 11 is 0. The number of rotatable bonds is 5. The predicted octanol–water partition coefficient (Wildman–Crippen LogP) is 4.86. The minimum atomic E-state index is -1.07. The summed E-state index contributed by atoms with van der Waals surface area (Å²) in [4.78, 5) is 12.4. The summed E-state index contributed by atoms with van der Waals surface area (Å²) in [5, 5.41) is 10.2. The highest BCUT2D eigenvalue weighted by molar-refractivity contribution is 5.83. The van der Waals surface area contributed by atoms with E-state index in [9.17, 15) is 9.90 Å². The molecular weight excluding hydrogens is 296 g/mol. The summed E-state index contributed by atoms with van der Waals surface area (Å²) in [5.41, 5.74) is 1.73. The van der Waals surface area contributed by atoms with Crippen molar-refractivity contribution in [1.82, 2.24) is 0 Å². The first-order valence-corrected chi connectivity index (χ1v) is 8.03. The normalized spacial score (nSPS) is 13.4. The lowest BCUT2D eigenvalue weighted by atomic mass is 9.66. The molecule has 3 rings (SSSR count). The van der Waals surface area contributed by atoms with Crippen LogP contribution in [0.2, 0.25) is 0 Å². The van der Waals surface area contributed by atoms with E-state index in [1.54, 1.807) is 0 Å². The Morgan fingerprint density at radius 1 is 0.750 bits per heavy atom. The Morgan fingerprint density at radius 2 is 1.12 bits per heavy atom. The summed E-state index contributed by atoms with van der Waals surface area (Å²) in [5.74, 6) is -1.11. The standard InChI is InChI=1S/C22H20O2/c1-22(21(23)24,19-15-9-4-10-16-19)20(17-11-5-2-6-12-17)18-13-7-3-8-14-18/h2-16,20H,1H3,(H,23,24). The molecule has 0 spiro atoms. The van der Waals surface area contributed by atoms with Crippen molar-refractivity contribution in [3.63, 3.8) is 0 Å². The number of benzene rings is 3. The molecular formula is C22H20O2. The van der Waals surface area contributed by atoms with Gasteiger partial charge < -0.3 is 5.11 Å². The van der Waals surface area contributed by atoms with E-state index in [0.29, 0.717) is 0 Å². The lowest BCUT2D eigenvalue weighted by Gasteiger charge is -2.35. The highest BCUT2D eigenvalue weighted by Crippen LogP contribution is 2.43. The molecule has 3 aromatic rings. The number of carboxylic acids is 1. The van der Waals surface area contributed by atoms with E-state index in [1.165, 1.54) is 0 Å². The van der Waals surface area contributed by atoms with Gasteiger partial charge in [0.15, 0.2) is 0 Å². The van der Waals surface area contributed by atoms with Gasteiger partial charge in [0.25, 0.3) is 0 Å². The molecule has 1 N–H and O–H groups in total. The lowest BCUT2D eigenvalue weighted by molar-refractivity contribution is -0.143. The maximum Gasteiger partial charge on any atom is 0.314 e. The van der Waals surface area contributed by atoms with E-state index in [1.807, 2.05) is 97.9 Å². The summed E-state index contributed by atoms with van der Waals surface area (Å²) in [7, 11) is 0. The fourth-order valence-corrected chi connectivity index (χ4v) is 3.35. The van der Waals surface area contributed by atoms with Crippen LogP contribution in [0, 0.1) is 0 Å². The summed E-state index contributed by atoms with van der Waals surface area (Å²) in [6.45, 7) is 1.81. The Morgan fingerprint density at radius 3 is 1.50 bits per heavy atom. The zero-order valence-electron chi connectivity index (χ0n) is 13.6. The number of hydrogen-bond acceptors (Lipinski definition) is 1. The molecule has 2 heteroatoms. The average molecular weight is 316 g/mol. The first kappa shape index (κ1) is 16.0. The van der Waals surface area contributed by atoms with E-state index >= 15 is 0 Å². The third kappa shape index (κ3) is 2.83. The van der Waals surface area contributed by atoms with Crippen LogP contribution in [0.1, 0.15) is 29.5 Å². The molecule has 0 aromatic heterocycles. The summed E-state index contributed by atoms with van der Waals surface area (Å²) < 4.78 is 0. The number of carbonyl (C=O) groups is 1. The Kier molecular flexibility index (Phi) is 4.48. The first-order chi connectivity index (χ1) is 11.6. The van der Waals surface area contributed by atoms with Gasteiger partial charge in [0.05, 0.1) is 0 Å². The van der Waals surface area contributed by atoms with Crippen molar-refractivity contribution in [2.75, 3.05) is 0 Å². The topological polar surface area (TPSA) is 37.3 Å². The highest BCUT2D eigenvalue weighted by atomic mass is 16.4. The molecule has 0 aliphatic rings. The van der Waals surface area contributed by atoms with Crippen LogP contribution in [0.4, 0.5) is 0 Å². The van der Waals surface area contributed by atoms with E-state index in [4.69, 9.17) is 0 Å². The molecule has 3 aromatic carbocycles. The van der Waals surface area contributed by atoms with Gasteiger partial charge in [0.1, 0.15) is 5.41 Å². The van der Waals surface area contributed by atoms with Crippen LogP contribution < -0.4 is 0 Å². The van der Waals surface area contributed by atoms with Crippen molar-refractivity contribution in [2.24, 2.45) is 0 Å². The second kappa shape index (κ2) is 6.71. The van der Waals surface area contributed by atoms with Crippen LogP contribution in [0.15, 0.2) is 91.0 Å². The minimum absolute atomic E-state index is 0.278. The van der Waals surface area contributed by atoms with Crippen LogP contribution in [-0.4, -0.2) is 11.1 Å². The van der Waals surface area contributed by atoms with Gasteiger partial charge in [0.2, 0.25) is 0 Å². The number of hydrogen-bond donors (Lipinski definition) is 1. The van der Waals surface area contributed by atoms with Crippen molar-refractivity contribution < 1.29 is 9.90 Å². The minimum Gasteiger partial charge on any atom is -0.481 e. The quantitative estimate of drug-likeness (QED) is 0.730. The SMILES string of the molecule is CC(C(=O)O)(c1ccccc1)C(c1ccccc1)c1ccccc1. The Balaban J connectivity index is 2.25.